The maximum absolute atomic E-state index is 12.7. The minimum atomic E-state index is -0.406. The lowest BCUT2D eigenvalue weighted by Crippen LogP contribution is -2.61. The third-order valence-corrected chi connectivity index (χ3v) is 4.21. The first kappa shape index (κ1) is 14.3. The second kappa shape index (κ2) is 5.90. The summed E-state index contributed by atoms with van der Waals surface area (Å²) in [5.74, 6) is 0.184. The summed E-state index contributed by atoms with van der Waals surface area (Å²) in [5, 5.41) is 6.30. The molecular weight excluding hydrogens is 242 g/mol. The summed E-state index contributed by atoms with van der Waals surface area (Å²) < 4.78 is 0. The fourth-order valence-electron chi connectivity index (χ4n) is 3.15. The van der Waals surface area contributed by atoms with E-state index in [0.29, 0.717) is 6.54 Å². The van der Waals surface area contributed by atoms with Crippen LogP contribution in [0.25, 0.3) is 0 Å². The van der Waals surface area contributed by atoms with Crippen LogP contribution >= 0.6 is 0 Å². The van der Waals surface area contributed by atoms with Crippen LogP contribution < -0.4 is 10.6 Å². The summed E-state index contributed by atoms with van der Waals surface area (Å²) in [6.45, 7) is 5.92. The Morgan fingerprint density at radius 1 is 1.32 bits per heavy atom. The van der Waals surface area contributed by atoms with Crippen molar-refractivity contribution in [3.8, 4) is 0 Å². The van der Waals surface area contributed by atoms with Crippen LogP contribution in [0.15, 0.2) is 0 Å². The largest absolute Gasteiger partial charge is 0.352 e. The third kappa shape index (κ3) is 3.47. The third-order valence-electron chi connectivity index (χ3n) is 4.21. The van der Waals surface area contributed by atoms with E-state index in [-0.39, 0.29) is 17.9 Å². The minimum Gasteiger partial charge on any atom is -0.352 e. The molecule has 0 saturated carbocycles. The Balaban J connectivity index is 1.96. The molecule has 2 aliphatic rings. The molecule has 0 aromatic rings. The van der Waals surface area contributed by atoms with Gasteiger partial charge in [-0.1, -0.05) is 0 Å². The van der Waals surface area contributed by atoms with Crippen LogP contribution in [0.2, 0.25) is 0 Å². The predicted octanol–water partition coefficient (Wildman–Crippen LogP) is 0.646. The van der Waals surface area contributed by atoms with Gasteiger partial charge in [0.05, 0.1) is 5.54 Å². The van der Waals surface area contributed by atoms with Crippen LogP contribution in [-0.4, -0.2) is 47.9 Å². The number of hydrogen-bond donors (Lipinski definition) is 2. The van der Waals surface area contributed by atoms with Crippen molar-refractivity contribution in [3.05, 3.63) is 0 Å². The van der Waals surface area contributed by atoms with E-state index in [2.05, 4.69) is 10.6 Å². The molecule has 0 unspecified atom stereocenters. The zero-order chi connectivity index (χ0) is 13.9. The van der Waals surface area contributed by atoms with Crippen LogP contribution in [0.4, 0.5) is 0 Å². The van der Waals surface area contributed by atoms with E-state index in [9.17, 15) is 9.59 Å². The molecule has 0 aromatic carbocycles. The van der Waals surface area contributed by atoms with Gasteiger partial charge < -0.3 is 15.5 Å². The number of carbonyl (C=O) groups excluding carboxylic acids is 2. The van der Waals surface area contributed by atoms with Crippen LogP contribution in [0, 0.1) is 0 Å². The van der Waals surface area contributed by atoms with Gasteiger partial charge in [-0.3, -0.25) is 9.59 Å². The summed E-state index contributed by atoms with van der Waals surface area (Å²) >= 11 is 0. The molecule has 2 rings (SSSR count). The van der Waals surface area contributed by atoms with Crippen LogP contribution in [0.1, 0.15) is 46.0 Å². The lowest BCUT2D eigenvalue weighted by Gasteiger charge is -2.41. The van der Waals surface area contributed by atoms with E-state index in [4.69, 9.17) is 0 Å². The predicted molar refractivity (Wildman–Crippen MR) is 73.7 cm³/mol. The van der Waals surface area contributed by atoms with E-state index in [0.717, 1.165) is 45.2 Å². The number of amides is 2. The van der Waals surface area contributed by atoms with Crippen molar-refractivity contribution in [2.24, 2.45) is 0 Å². The molecule has 2 atom stereocenters. The number of likely N-dealkylation sites (tertiary alicyclic amines) is 1. The summed E-state index contributed by atoms with van der Waals surface area (Å²) in [7, 11) is 0. The van der Waals surface area contributed by atoms with Crippen molar-refractivity contribution < 1.29 is 9.59 Å². The van der Waals surface area contributed by atoms with Gasteiger partial charge in [-0.2, -0.15) is 0 Å². The van der Waals surface area contributed by atoms with Crippen molar-refractivity contribution >= 4 is 11.8 Å². The molecule has 5 nitrogen and oxygen atoms in total. The van der Waals surface area contributed by atoms with Crippen molar-refractivity contribution in [3.63, 3.8) is 0 Å². The second-order valence-corrected chi connectivity index (χ2v) is 6.01. The van der Waals surface area contributed by atoms with Gasteiger partial charge >= 0.3 is 0 Å². The molecule has 2 amide bonds. The zero-order valence-electron chi connectivity index (χ0n) is 12.0. The zero-order valence-corrected chi connectivity index (χ0v) is 12.0. The standard InChI is InChI=1S/C14H25N3O2/c1-11(18)16-12-6-5-9-17(10-12)13(19)14(2)7-3-4-8-15-14/h12,15H,3-10H2,1-2H3,(H,16,18)/t12-,14-/m1/s1. The maximum atomic E-state index is 12.7. The molecular formula is C14H25N3O2. The molecule has 0 spiro atoms. The lowest BCUT2D eigenvalue weighted by molar-refractivity contribution is -0.140. The molecule has 2 fully saturated rings. The van der Waals surface area contributed by atoms with E-state index in [1.807, 2.05) is 11.8 Å². The number of carbonyl (C=O) groups is 2. The summed E-state index contributed by atoms with van der Waals surface area (Å²) in [6, 6.07) is 0.113. The Hall–Kier alpha value is -1.10. The van der Waals surface area contributed by atoms with E-state index < -0.39 is 5.54 Å². The number of hydrogen-bond acceptors (Lipinski definition) is 3. The van der Waals surface area contributed by atoms with Gasteiger partial charge in [0.1, 0.15) is 0 Å². The van der Waals surface area contributed by atoms with Gasteiger partial charge in [-0.25, -0.2) is 0 Å². The highest BCUT2D eigenvalue weighted by Crippen LogP contribution is 2.23. The first-order valence-electron chi connectivity index (χ1n) is 7.33. The topological polar surface area (TPSA) is 61.4 Å². The molecule has 2 saturated heterocycles. The Bertz CT molecular complexity index is 351. The maximum Gasteiger partial charge on any atom is 0.242 e. The number of nitrogens with zero attached hydrogens (tertiary/aromatic N) is 1. The molecule has 0 radical (unpaired) electrons. The van der Waals surface area contributed by atoms with Gasteiger partial charge in [0, 0.05) is 26.1 Å². The number of rotatable bonds is 2. The van der Waals surface area contributed by atoms with E-state index in [1.54, 1.807) is 0 Å². The van der Waals surface area contributed by atoms with Crippen LogP contribution in [-0.2, 0) is 9.59 Å². The molecule has 2 heterocycles. The summed E-state index contributed by atoms with van der Waals surface area (Å²) in [5.41, 5.74) is -0.406. The quantitative estimate of drug-likeness (QED) is 0.772. The monoisotopic (exact) mass is 267 g/mol. The van der Waals surface area contributed by atoms with E-state index >= 15 is 0 Å². The fraction of sp³-hybridized carbons (Fsp3) is 0.857. The molecule has 108 valence electrons. The first-order chi connectivity index (χ1) is 9.01. The summed E-state index contributed by atoms with van der Waals surface area (Å²) in [6.07, 6.45) is 5.10. The molecule has 0 bridgehead atoms. The summed E-state index contributed by atoms with van der Waals surface area (Å²) in [4.78, 5) is 25.7. The smallest absolute Gasteiger partial charge is 0.242 e. The molecule has 19 heavy (non-hydrogen) atoms. The molecule has 5 heteroatoms. The molecule has 2 aliphatic heterocycles. The van der Waals surface area contributed by atoms with Crippen molar-refractivity contribution in [2.45, 2.75) is 57.5 Å². The Kier molecular flexibility index (Phi) is 4.45. The minimum absolute atomic E-state index is 0.0127. The van der Waals surface area contributed by atoms with Gasteiger partial charge in [0.25, 0.3) is 0 Å². The fourth-order valence-corrected chi connectivity index (χ4v) is 3.15. The second-order valence-electron chi connectivity index (χ2n) is 6.01. The van der Waals surface area contributed by atoms with Crippen molar-refractivity contribution in [1.82, 2.24) is 15.5 Å². The highest BCUT2D eigenvalue weighted by atomic mass is 16.2. The lowest BCUT2D eigenvalue weighted by atomic mass is 9.88. The van der Waals surface area contributed by atoms with Gasteiger partial charge in [-0.05, 0) is 45.6 Å². The Morgan fingerprint density at radius 2 is 2.11 bits per heavy atom. The average Bonchev–Trinajstić information content (AvgIpc) is 2.38. The molecule has 2 N–H and O–H groups in total. The van der Waals surface area contributed by atoms with Gasteiger partial charge in [0.2, 0.25) is 11.8 Å². The number of piperidine rings is 2. The van der Waals surface area contributed by atoms with Crippen LogP contribution in [0.5, 0.6) is 0 Å². The SMILES string of the molecule is CC(=O)N[C@@H]1CCCN(C(=O)[C@@]2(C)CCCCN2)C1. The van der Waals surface area contributed by atoms with E-state index in [1.165, 1.54) is 6.92 Å². The number of nitrogens with one attached hydrogen (secondary N) is 2. The highest BCUT2D eigenvalue weighted by Gasteiger charge is 2.38. The normalized spacial score (nSPS) is 31.9. The first-order valence-corrected chi connectivity index (χ1v) is 7.33. The highest BCUT2D eigenvalue weighted by molar-refractivity contribution is 5.86. The average molecular weight is 267 g/mol. The Labute approximate surface area is 115 Å². The Morgan fingerprint density at radius 3 is 2.74 bits per heavy atom. The van der Waals surface area contributed by atoms with Crippen molar-refractivity contribution in [1.29, 1.82) is 0 Å². The van der Waals surface area contributed by atoms with Gasteiger partial charge in [0.15, 0.2) is 0 Å². The van der Waals surface area contributed by atoms with Crippen molar-refractivity contribution in [2.75, 3.05) is 19.6 Å². The van der Waals surface area contributed by atoms with Crippen LogP contribution in [0.3, 0.4) is 0 Å². The van der Waals surface area contributed by atoms with Gasteiger partial charge in [-0.15, -0.1) is 0 Å². The molecule has 0 aliphatic carbocycles. The molecule has 0 aromatic heterocycles.